The molecule has 1 fully saturated rings. The Morgan fingerprint density at radius 1 is 1.39 bits per heavy atom. The van der Waals surface area contributed by atoms with Gasteiger partial charge in [0.25, 0.3) is 0 Å². The van der Waals surface area contributed by atoms with Gasteiger partial charge in [-0.2, -0.15) is 0 Å². The van der Waals surface area contributed by atoms with E-state index in [4.69, 9.17) is 0 Å². The standard InChI is InChI=1S/C14H17N3S/c1-3-12(9-15-5-1)14-10-16-6-7-17(14)11-13-4-2-8-18-13/h1-5,8-9,14,16H,6-7,10-11H2. The number of nitrogens with zero attached hydrogens (tertiary/aromatic N) is 2. The number of hydrogen-bond donors (Lipinski definition) is 1. The molecule has 1 atom stereocenters. The molecule has 18 heavy (non-hydrogen) atoms. The summed E-state index contributed by atoms with van der Waals surface area (Å²) in [5.74, 6) is 0. The zero-order valence-electron chi connectivity index (χ0n) is 10.2. The highest BCUT2D eigenvalue weighted by Gasteiger charge is 2.23. The third kappa shape index (κ3) is 2.61. The Kier molecular flexibility index (Phi) is 3.69. The van der Waals surface area contributed by atoms with Gasteiger partial charge < -0.3 is 5.32 Å². The minimum atomic E-state index is 0.439. The van der Waals surface area contributed by atoms with Crippen LogP contribution in [0.5, 0.6) is 0 Å². The number of piperazine rings is 1. The molecule has 1 unspecified atom stereocenters. The Hall–Kier alpha value is -1.23. The van der Waals surface area contributed by atoms with Crippen molar-refractivity contribution in [2.45, 2.75) is 12.6 Å². The van der Waals surface area contributed by atoms with Crippen LogP contribution < -0.4 is 5.32 Å². The topological polar surface area (TPSA) is 28.2 Å². The Morgan fingerprint density at radius 3 is 3.17 bits per heavy atom. The highest BCUT2D eigenvalue weighted by molar-refractivity contribution is 7.09. The fourth-order valence-corrected chi connectivity index (χ4v) is 3.17. The van der Waals surface area contributed by atoms with Crippen molar-refractivity contribution in [3.63, 3.8) is 0 Å². The van der Waals surface area contributed by atoms with Gasteiger partial charge in [0, 0.05) is 49.5 Å². The molecule has 3 rings (SSSR count). The van der Waals surface area contributed by atoms with Gasteiger partial charge in [0.05, 0.1) is 0 Å². The van der Waals surface area contributed by atoms with Crippen LogP contribution in [0.1, 0.15) is 16.5 Å². The Balaban J connectivity index is 1.78. The van der Waals surface area contributed by atoms with E-state index in [1.54, 1.807) is 0 Å². The molecule has 2 aromatic heterocycles. The van der Waals surface area contributed by atoms with Gasteiger partial charge in [-0.15, -0.1) is 11.3 Å². The highest BCUT2D eigenvalue weighted by atomic mass is 32.1. The van der Waals surface area contributed by atoms with Crippen LogP contribution in [-0.2, 0) is 6.54 Å². The number of thiophene rings is 1. The number of aromatic nitrogens is 1. The highest BCUT2D eigenvalue weighted by Crippen LogP contribution is 2.24. The second-order valence-electron chi connectivity index (χ2n) is 4.56. The normalized spacial score (nSPS) is 21.0. The molecular formula is C14H17N3S. The number of hydrogen-bond acceptors (Lipinski definition) is 4. The molecule has 2 aromatic rings. The average molecular weight is 259 g/mol. The van der Waals surface area contributed by atoms with Crippen LogP contribution in [0, 0.1) is 0 Å². The maximum Gasteiger partial charge on any atom is 0.0492 e. The summed E-state index contributed by atoms with van der Waals surface area (Å²) in [6.45, 7) is 4.22. The lowest BCUT2D eigenvalue weighted by Gasteiger charge is -2.36. The minimum absolute atomic E-state index is 0.439. The van der Waals surface area contributed by atoms with Gasteiger partial charge in [-0.1, -0.05) is 12.1 Å². The third-order valence-corrected chi connectivity index (χ3v) is 4.22. The lowest BCUT2D eigenvalue weighted by molar-refractivity contribution is 0.155. The second-order valence-corrected chi connectivity index (χ2v) is 5.59. The molecule has 0 amide bonds. The minimum Gasteiger partial charge on any atom is -0.314 e. The van der Waals surface area contributed by atoms with Crippen molar-refractivity contribution in [3.8, 4) is 0 Å². The van der Waals surface area contributed by atoms with E-state index in [-0.39, 0.29) is 0 Å². The van der Waals surface area contributed by atoms with Crippen LogP contribution in [0.2, 0.25) is 0 Å². The first kappa shape index (κ1) is 11.8. The zero-order chi connectivity index (χ0) is 12.2. The summed E-state index contributed by atoms with van der Waals surface area (Å²) in [7, 11) is 0. The summed E-state index contributed by atoms with van der Waals surface area (Å²) in [4.78, 5) is 8.22. The Morgan fingerprint density at radius 2 is 2.39 bits per heavy atom. The maximum atomic E-state index is 4.24. The van der Waals surface area contributed by atoms with E-state index < -0.39 is 0 Å². The SMILES string of the molecule is c1cncc(C2CNCCN2Cc2cccs2)c1. The molecule has 1 N–H and O–H groups in total. The van der Waals surface area contributed by atoms with Crippen molar-refractivity contribution < 1.29 is 0 Å². The van der Waals surface area contributed by atoms with Crippen molar-refractivity contribution in [2.24, 2.45) is 0 Å². The first-order valence-corrected chi connectivity index (χ1v) is 7.18. The van der Waals surface area contributed by atoms with Gasteiger partial charge in [-0.05, 0) is 23.1 Å². The summed E-state index contributed by atoms with van der Waals surface area (Å²) >= 11 is 1.84. The fraction of sp³-hybridized carbons (Fsp3) is 0.357. The quantitative estimate of drug-likeness (QED) is 0.916. The van der Waals surface area contributed by atoms with Crippen LogP contribution in [0.25, 0.3) is 0 Å². The van der Waals surface area contributed by atoms with E-state index in [0.29, 0.717) is 6.04 Å². The fourth-order valence-electron chi connectivity index (χ4n) is 2.44. The van der Waals surface area contributed by atoms with Gasteiger partial charge in [0.2, 0.25) is 0 Å². The van der Waals surface area contributed by atoms with Crippen molar-refractivity contribution in [3.05, 3.63) is 52.5 Å². The number of nitrogens with one attached hydrogen (secondary N) is 1. The second kappa shape index (κ2) is 5.61. The maximum absolute atomic E-state index is 4.24. The molecule has 3 heterocycles. The Labute approximate surface area is 111 Å². The smallest absolute Gasteiger partial charge is 0.0492 e. The Bertz CT molecular complexity index is 469. The molecular weight excluding hydrogens is 242 g/mol. The third-order valence-electron chi connectivity index (χ3n) is 3.36. The zero-order valence-corrected chi connectivity index (χ0v) is 11.1. The van der Waals surface area contributed by atoms with E-state index in [0.717, 1.165) is 26.2 Å². The van der Waals surface area contributed by atoms with Crippen molar-refractivity contribution in [2.75, 3.05) is 19.6 Å². The van der Waals surface area contributed by atoms with E-state index >= 15 is 0 Å². The largest absolute Gasteiger partial charge is 0.314 e. The van der Waals surface area contributed by atoms with Crippen LogP contribution in [-0.4, -0.2) is 29.5 Å². The van der Waals surface area contributed by atoms with Crippen molar-refractivity contribution in [1.29, 1.82) is 0 Å². The van der Waals surface area contributed by atoms with Gasteiger partial charge >= 0.3 is 0 Å². The van der Waals surface area contributed by atoms with Gasteiger partial charge in [0.15, 0.2) is 0 Å². The molecule has 0 radical (unpaired) electrons. The van der Waals surface area contributed by atoms with Crippen molar-refractivity contribution >= 4 is 11.3 Å². The number of rotatable bonds is 3. The molecule has 3 nitrogen and oxygen atoms in total. The van der Waals surface area contributed by atoms with E-state index in [1.807, 2.05) is 29.8 Å². The van der Waals surface area contributed by atoms with Gasteiger partial charge in [0.1, 0.15) is 0 Å². The molecule has 1 aliphatic rings. The predicted molar refractivity (Wildman–Crippen MR) is 74.6 cm³/mol. The van der Waals surface area contributed by atoms with E-state index in [9.17, 15) is 0 Å². The summed E-state index contributed by atoms with van der Waals surface area (Å²) in [5, 5.41) is 5.63. The van der Waals surface area contributed by atoms with Crippen LogP contribution >= 0.6 is 11.3 Å². The first-order valence-electron chi connectivity index (χ1n) is 6.30. The molecule has 4 heteroatoms. The van der Waals surface area contributed by atoms with Crippen LogP contribution in [0.4, 0.5) is 0 Å². The number of pyridine rings is 1. The molecule has 1 saturated heterocycles. The predicted octanol–water partition coefficient (Wildman–Crippen LogP) is 2.29. The average Bonchev–Trinajstić information content (AvgIpc) is 2.93. The lowest BCUT2D eigenvalue weighted by Crippen LogP contribution is -2.45. The van der Waals surface area contributed by atoms with Crippen LogP contribution in [0.3, 0.4) is 0 Å². The summed E-state index contributed by atoms with van der Waals surface area (Å²) in [6.07, 6.45) is 3.82. The molecule has 94 valence electrons. The first-order chi connectivity index (χ1) is 8.93. The van der Waals surface area contributed by atoms with E-state index in [1.165, 1.54) is 10.4 Å². The summed E-state index contributed by atoms with van der Waals surface area (Å²) < 4.78 is 0. The summed E-state index contributed by atoms with van der Waals surface area (Å²) in [6, 6.07) is 8.97. The van der Waals surface area contributed by atoms with E-state index in [2.05, 4.69) is 38.8 Å². The molecule has 0 aromatic carbocycles. The molecule has 1 aliphatic heterocycles. The molecule has 0 saturated carbocycles. The monoisotopic (exact) mass is 259 g/mol. The molecule has 0 spiro atoms. The lowest BCUT2D eigenvalue weighted by atomic mass is 10.1. The van der Waals surface area contributed by atoms with Gasteiger partial charge in [-0.3, -0.25) is 9.88 Å². The van der Waals surface area contributed by atoms with Crippen LogP contribution in [0.15, 0.2) is 42.0 Å². The van der Waals surface area contributed by atoms with Crippen molar-refractivity contribution in [1.82, 2.24) is 15.2 Å². The van der Waals surface area contributed by atoms with Gasteiger partial charge in [-0.25, -0.2) is 0 Å². The summed E-state index contributed by atoms with van der Waals surface area (Å²) in [5.41, 5.74) is 1.31. The molecule has 0 bridgehead atoms. The molecule has 0 aliphatic carbocycles.